The Kier molecular flexibility index (Phi) is 14.7. The lowest BCUT2D eigenvalue weighted by Crippen LogP contribution is -2.56. The zero-order chi connectivity index (χ0) is 49.5. The molecule has 7 amide bonds. The van der Waals surface area contributed by atoms with Crippen LogP contribution in [0.3, 0.4) is 0 Å². The van der Waals surface area contributed by atoms with Gasteiger partial charge >= 0.3 is 0 Å². The average Bonchev–Trinajstić information content (AvgIpc) is 3.80. The Morgan fingerprint density at radius 1 is 0.712 bits per heavy atom. The summed E-state index contributed by atoms with van der Waals surface area (Å²) in [5.41, 5.74) is 34.9. The number of hydrogen-bond acceptors (Lipinski definition) is 12. The Labute approximate surface area is 386 Å². The van der Waals surface area contributed by atoms with E-state index in [1.165, 1.54) is 0 Å². The number of nitrogens with one attached hydrogen (secondary N) is 2. The predicted molar refractivity (Wildman–Crippen MR) is 249 cm³/mol. The van der Waals surface area contributed by atoms with E-state index in [9.17, 15) is 38.7 Å². The molecule has 66 heavy (non-hydrogen) atoms. The first-order chi connectivity index (χ1) is 30.6. The van der Waals surface area contributed by atoms with Gasteiger partial charge in [0.05, 0.1) is 18.2 Å². The number of nitrogens with zero attached hydrogens (tertiary/aromatic N) is 3. The third kappa shape index (κ3) is 9.31. The van der Waals surface area contributed by atoms with E-state index in [0.717, 1.165) is 0 Å². The molecule has 0 aliphatic carbocycles. The number of allylic oxidation sites excluding steroid dienone is 6. The number of amides is 7. The van der Waals surface area contributed by atoms with Crippen molar-refractivity contribution in [2.45, 2.75) is 138 Å². The number of aliphatic hydroxyl groups is 1. The molecular formula is C47H71N11O8. The average molecular weight is 918 g/mol. The highest BCUT2D eigenvalue weighted by atomic mass is 16.3. The van der Waals surface area contributed by atoms with Gasteiger partial charge in [-0.2, -0.15) is 0 Å². The maximum absolute atomic E-state index is 13.5. The van der Waals surface area contributed by atoms with Crippen molar-refractivity contribution in [3.05, 3.63) is 34.3 Å². The van der Waals surface area contributed by atoms with Crippen LogP contribution >= 0.6 is 0 Å². The molecule has 8 bridgehead atoms. The smallest absolute Gasteiger partial charge is 0.220 e. The molecule has 0 radical (unpaired) electrons. The Morgan fingerprint density at radius 2 is 1.27 bits per heavy atom. The Bertz CT molecular complexity index is 2280. The number of aliphatic imine (C=N–C) groups is 3. The largest absolute Gasteiger partial charge is 0.395 e. The molecule has 1 saturated heterocycles. The molecule has 0 aromatic rings. The van der Waals surface area contributed by atoms with Crippen LogP contribution in [0.15, 0.2) is 49.3 Å². The summed E-state index contributed by atoms with van der Waals surface area (Å²) in [5.74, 6) is -6.23. The van der Waals surface area contributed by atoms with Crippen LogP contribution < -0.4 is 45.0 Å². The van der Waals surface area contributed by atoms with E-state index in [1.54, 1.807) is 0 Å². The van der Waals surface area contributed by atoms with Gasteiger partial charge in [-0.15, -0.1) is 0 Å². The predicted octanol–water partition coefficient (Wildman–Crippen LogP) is 1.35. The summed E-state index contributed by atoms with van der Waals surface area (Å²) in [4.78, 5) is 108. The molecule has 0 saturated carbocycles. The van der Waals surface area contributed by atoms with E-state index < -0.39 is 92.4 Å². The summed E-state index contributed by atoms with van der Waals surface area (Å²) in [6.45, 7) is 15.1. The lowest BCUT2D eigenvalue weighted by molar-refractivity contribution is -0.124. The molecule has 0 aromatic carbocycles. The third-order valence-corrected chi connectivity index (χ3v) is 15.9. The third-order valence-electron chi connectivity index (χ3n) is 15.9. The number of fused-ring (bicyclic) bond motifs is 6. The first kappa shape index (κ1) is 51.3. The molecule has 5 aliphatic heterocycles. The molecule has 9 atom stereocenters. The van der Waals surface area contributed by atoms with Crippen molar-refractivity contribution < 1.29 is 38.7 Å². The highest BCUT2D eigenvalue weighted by Gasteiger charge is 2.66. The van der Waals surface area contributed by atoms with E-state index in [2.05, 4.69) is 10.6 Å². The first-order valence-corrected chi connectivity index (χ1v) is 22.8. The standard InChI is InChI=1S/C47H71N11O8/c1-23-38-26(10-13-32(49)61)43(3,4)30(56-38)20-29-25(9-12-31(48)60)45(6,21-35(52)64)41(55-29)24(2)39-27(11-14-33(50)62)46(7,22-36(53)65)47(8,58-39)42-28(19-34(51)63)44(5,40(23)57-42)16-15-37(66)54-17-18-59/h20,25-28,42,55,59H,9-19,21-22H2,1-8H3,(H2,48,60)(H2,49,61)(H2,50,62)(H2,51,63)(H2,52,64)(H2,53,65)(H,54,66)/b29-20-,38-23-,41-24-/t25-,26-,27-,28+,42-,44-,45+,46+,47+/m1/s1. The number of nitrogens with two attached hydrogens (primary N) is 6. The van der Waals surface area contributed by atoms with Gasteiger partial charge in [-0.3, -0.25) is 48.5 Å². The van der Waals surface area contributed by atoms with Gasteiger partial charge in [0.1, 0.15) is 0 Å². The number of primary amides is 6. The van der Waals surface area contributed by atoms with Crippen molar-refractivity contribution >= 4 is 58.5 Å². The zero-order valence-corrected chi connectivity index (χ0v) is 39.8. The first-order valence-electron chi connectivity index (χ1n) is 22.8. The van der Waals surface area contributed by atoms with Gasteiger partial charge in [0, 0.05) is 131 Å². The number of carbonyl (C=O) groups excluding carboxylic acids is 7. The van der Waals surface area contributed by atoms with E-state index in [-0.39, 0.29) is 83.3 Å². The highest BCUT2D eigenvalue weighted by molar-refractivity contribution is 6.10. The van der Waals surface area contributed by atoms with Gasteiger partial charge in [0.25, 0.3) is 0 Å². The fourth-order valence-corrected chi connectivity index (χ4v) is 12.2. The van der Waals surface area contributed by atoms with Crippen LogP contribution in [0.4, 0.5) is 0 Å². The van der Waals surface area contributed by atoms with Gasteiger partial charge in [0.15, 0.2) is 0 Å². The van der Waals surface area contributed by atoms with E-state index in [4.69, 9.17) is 49.4 Å². The number of aliphatic hydroxyl groups excluding tert-OH is 1. The normalized spacial score (nSPS) is 35.0. The second-order valence-electron chi connectivity index (χ2n) is 20.6. The number of carbonyl (C=O) groups is 7. The second-order valence-corrected chi connectivity index (χ2v) is 20.6. The van der Waals surface area contributed by atoms with Crippen LogP contribution in [0, 0.1) is 45.3 Å². The van der Waals surface area contributed by atoms with Crippen molar-refractivity contribution in [2.75, 3.05) is 13.2 Å². The molecule has 5 heterocycles. The van der Waals surface area contributed by atoms with E-state index in [0.29, 0.717) is 51.8 Å². The van der Waals surface area contributed by atoms with Gasteiger partial charge in [-0.1, -0.05) is 34.6 Å². The van der Waals surface area contributed by atoms with Gasteiger partial charge < -0.3 is 50.1 Å². The van der Waals surface area contributed by atoms with Gasteiger partial charge in [-0.05, 0) is 63.7 Å². The summed E-state index contributed by atoms with van der Waals surface area (Å²) < 4.78 is 0. The van der Waals surface area contributed by atoms with Crippen LogP contribution in [0.1, 0.15) is 126 Å². The topological polar surface area (TPSA) is 357 Å². The summed E-state index contributed by atoms with van der Waals surface area (Å²) >= 11 is 0. The van der Waals surface area contributed by atoms with E-state index >= 15 is 0 Å². The van der Waals surface area contributed by atoms with Crippen LogP contribution in [0.2, 0.25) is 0 Å². The number of hydrogen-bond donors (Lipinski definition) is 9. The monoisotopic (exact) mass is 918 g/mol. The van der Waals surface area contributed by atoms with Gasteiger partial charge in [-0.25, -0.2) is 0 Å². The summed E-state index contributed by atoms with van der Waals surface area (Å²) in [6, 6.07) is -0.908. The molecule has 19 nitrogen and oxygen atoms in total. The van der Waals surface area contributed by atoms with Crippen molar-refractivity contribution in [1.29, 1.82) is 0 Å². The molecule has 5 rings (SSSR count). The minimum Gasteiger partial charge on any atom is -0.395 e. The SMILES string of the molecule is C/C1=C2N=C(/C=C3\N/C(=C(/C)C4=N[C@@](C)([C@@H]5N=C1[C@](C)(CCC(=O)NCCO)[C@H]5CC(N)=O)[C@@](C)(CC(N)=O)[C@@H]4CCC(N)=O)[C@@](C)(CC(N)=O)[C@@H]3CCC(N)=O)C(C)(C)[C@@H]/2CCC(N)=O. The van der Waals surface area contributed by atoms with Crippen molar-refractivity contribution in [2.24, 2.45) is 94.7 Å². The molecule has 19 heteroatoms. The molecular weight excluding hydrogens is 847 g/mol. The number of rotatable bonds is 20. The van der Waals surface area contributed by atoms with Crippen molar-refractivity contribution in [1.82, 2.24) is 10.6 Å². The molecule has 0 spiro atoms. The zero-order valence-electron chi connectivity index (χ0n) is 39.8. The van der Waals surface area contributed by atoms with Crippen molar-refractivity contribution in [3.8, 4) is 0 Å². The van der Waals surface area contributed by atoms with Crippen molar-refractivity contribution in [3.63, 3.8) is 0 Å². The molecule has 0 unspecified atom stereocenters. The minimum atomic E-state index is -1.38. The fraction of sp³-hybridized carbons (Fsp3) is 0.660. The summed E-state index contributed by atoms with van der Waals surface area (Å²) in [6.07, 6.45) is 2.05. The maximum atomic E-state index is 13.5. The fourth-order valence-electron chi connectivity index (χ4n) is 12.2. The van der Waals surface area contributed by atoms with Crippen LogP contribution in [0.5, 0.6) is 0 Å². The van der Waals surface area contributed by atoms with Crippen LogP contribution in [-0.4, -0.2) is 88.3 Å². The van der Waals surface area contributed by atoms with Crippen LogP contribution in [-0.2, 0) is 33.6 Å². The maximum Gasteiger partial charge on any atom is 0.220 e. The lowest BCUT2D eigenvalue weighted by Gasteiger charge is -2.48. The molecule has 0 aromatic heterocycles. The lowest BCUT2D eigenvalue weighted by atomic mass is 9.55. The quantitative estimate of drug-likeness (QED) is 0.0850. The molecule has 1 fully saturated rings. The Hall–Kier alpha value is -5.72. The second kappa shape index (κ2) is 18.9. The van der Waals surface area contributed by atoms with E-state index in [1.807, 2.05) is 61.5 Å². The Balaban J connectivity index is 2.01. The minimum absolute atomic E-state index is 0.0234. The molecule has 15 N–H and O–H groups in total. The van der Waals surface area contributed by atoms with Gasteiger partial charge in [0.2, 0.25) is 41.4 Å². The summed E-state index contributed by atoms with van der Waals surface area (Å²) in [7, 11) is 0. The molecule has 5 aliphatic rings. The highest BCUT2D eigenvalue weighted by Crippen LogP contribution is 2.62. The Morgan fingerprint density at radius 3 is 1.80 bits per heavy atom. The van der Waals surface area contributed by atoms with Crippen LogP contribution in [0.25, 0.3) is 0 Å². The molecule has 362 valence electrons. The summed E-state index contributed by atoms with van der Waals surface area (Å²) in [5, 5.41) is 15.9.